The molecule has 124 valence electrons. The smallest absolute Gasteiger partial charge is 0.235 e. The summed E-state index contributed by atoms with van der Waals surface area (Å²) in [5.74, 6) is 0.845. The molecule has 1 aromatic rings. The van der Waals surface area contributed by atoms with Gasteiger partial charge in [0.25, 0.3) is 0 Å². The number of amides is 1. The molecule has 1 aromatic carbocycles. The normalized spacial score (nSPS) is 12.8. The van der Waals surface area contributed by atoms with Crippen molar-refractivity contribution >= 4 is 15.9 Å². The van der Waals surface area contributed by atoms with Crippen LogP contribution in [0.2, 0.25) is 0 Å². The van der Waals surface area contributed by atoms with Gasteiger partial charge in [0.1, 0.15) is 11.5 Å². The van der Waals surface area contributed by atoms with Crippen molar-refractivity contribution in [3.63, 3.8) is 0 Å². The summed E-state index contributed by atoms with van der Waals surface area (Å²) < 4.78 is 34.0. The molecular formula is C14H22N2O5S. The summed E-state index contributed by atoms with van der Waals surface area (Å²) in [5.41, 5.74) is 0.777. The number of rotatable bonds is 7. The number of ether oxygens (including phenoxy) is 2. The molecule has 1 amide bonds. The zero-order valence-corrected chi connectivity index (χ0v) is 14.2. The highest BCUT2D eigenvalue weighted by molar-refractivity contribution is 7.88. The first-order chi connectivity index (χ1) is 10.2. The van der Waals surface area contributed by atoms with E-state index >= 15 is 0 Å². The molecule has 0 radical (unpaired) electrons. The van der Waals surface area contributed by atoms with E-state index in [4.69, 9.17) is 9.47 Å². The van der Waals surface area contributed by atoms with Crippen LogP contribution in [0, 0.1) is 0 Å². The largest absolute Gasteiger partial charge is 0.497 e. The third kappa shape index (κ3) is 4.88. The topological polar surface area (TPSA) is 84.9 Å². The van der Waals surface area contributed by atoms with Crippen molar-refractivity contribution < 1.29 is 22.7 Å². The minimum atomic E-state index is -3.39. The maximum atomic E-state index is 11.9. The van der Waals surface area contributed by atoms with Crippen LogP contribution in [0.15, 0.2) is 18.2 Å². The number of sulfonamides is 1. The zero-order chi connectivity index (χ0) is 16.9. The van der Waals surface area contributed by atoms with E-state index in [0.29, 0.717) is 11.5 Å². The first-order valence-electron chi connectivity index (χ1n) is 6.61. The molecule has 7 nitrogen and oxygen atoms in total. The van der Waals surface area contributed by atoms with Gasteiger partial charge in [-0.05, 0) is 19.1 Å². The number of carbonyl (C=O) groups excluding carboxylic acids is 1. The van der Waals surface area contributed by atoms with Crippen LogP contribution >= 0.6 is 0 Å². The lowest BCUT2D eigenvalue weighted by atomic mass is 10.1. The van der Waals surface area contributed by atoms with Gasteiger partial charge in [-0.1, -0.05) is 0 Å². The summed E-state index contributed by atoms with van der Waals surface area (Å²) in [6, 6.07) is 4.95. The minimum absolute atomic E-state index is 0.234. The first-order valence-corrected chi connectivity index (χ1v) is 8.46. The van der Waals surface area contributed by atoms with E-state index < -0.39 is 15.9 Å². The molecule has 0 heterocycles. The van der Waals surface area contributed by atoms with Gasteiger partial charge < -0.3 is 14.8 Å². The van der Waals surface area contributed by atoms with Crippen LogP contribution in [0.5, 0.6) is 11.5 Å². The van der Waals surface area contributed by atoms with Crippen LogP contribution in [0.3, 0.4) is 0 Å². The molecular weight excluding hydrogens is 308 g/mol. The van der Waals surface area contributed by atoms with Gasteiger partial charge in [-0.2, -0.15) is 4.31 Å². The number of carbonyl (C=O) groups is 1. The second kappa shape index (κ2) is 7.46. The summed E-state index contributed by atoms with van der Waals surface area (Å²) in [7, 11) is 1.05. The third-order valence-corrected chi connectivity index (χ3v) is 4.48. The average molecular weight is 330 g/mol. The highest BCUT2D eigenvalue weighted by Gasteiger charge is 2.19. The van der Waals surface area contributed by atoms with Crippen LogP contribution in [-0.2, 0) is 14.8 Å². The van der Waals surface area contributed by atoms with E-state index in [1.165, 1.54) is 14.2 Å². The quantitative estimate of drug-likeness (QED) is 0.798. The van der Waals surface area contributed by atoms with Crippen LogP contribution in [0.4, 0.5) is 0 Å². The zero-order valence-electron chi connectivity index (χ0n) is 13.4. The summed E-state index contributed by atoms with van der Waals surface area (Å²) in [5, 5.41) is 2.75. The van der Waals surface area contributed by atoms with Crippen LogP contribution in [0.1, 0.15) is 18.5 Å². The highest BCUT2D eigenvalue weighted by Crippen LogP contribution is 2.29. The van der Waals surface area contributed by atoms with E-state index in [9.17, 15) is 13.2 Å². The van der Waals surface area contributed by atoms with Crippen molar-refractivity contribution in [3.05, 3.63) is 23.8 Å². The van der Waals surface area contributed by atoms with Gasteiger partial charge in [-0.3, -0.25) is 4.79 Å². The lowest BCUT2D eigenvalue weighted by Gasteiger charge is -2.20. The lowest BCUT2D eigenvalue weighted by Crippen LogP contribution is -2.38. The molecule has 1 N–H and O–H groups in total. The Morgan fingerprint density at radius 3 is 2.45 bits per heavy atom. The highest BCUT2D eigenvalue weighted by atomic mass is 32.2. The summed E-state index contributed by atoms with van der Waals surface area (Å²) in [4.78, 5) is 11.9. The van der Waals surface area contributed by atoms with Gasteiger partial charge in [-0.15, -0.1) is 0 Å². The Labute approximate surface area is 131 Å². The Bertz CT molecular complexity index is 630. The van der Waals surface area contributed by atoms with Gasteiger partial charge in [0, 0.05) is 18.7 Å². The summed E-state index contributed by atoms with van der Waals surface area (Å²) in [6.07, 6.45) is 1.05. The van der Waals surface area contributed by atoms with Crippen LogP contribution in [0.25, 0.3) is 0 Å². The summed E-state index contributed by atoms with van der Waals surface area (Å²) >= 11 is 0. The van der Waals surface area contributed by atoms with Crippen molar-refractivity contribution in [2.45, 2.75) is 13.0 Å². The molecule has 0 bridgehead atoms. The molecule has 1 atom stereocenters. The molecule has 22 heavy (non-hydrogen) atoms. The Morgan fingerprint density at radius 2 is 1.95 bits per heavy atom. The Morgan fingerprint density at radius 1 is 1.32 bits per heavy atom. The Hall–Kier alpha value is -1.80. The fourth-order valence-corrected chi connectivity index (χ4v) is 2.21. The minimum Gasteiger partial charge on any atom is -0.497 e. The molecule has 1 rings (SSSR count). The van der Waals surface area contributed by atoms with Gasteiger partial charge in [-0.25, -0.2) is 8.42 Å². The van der Waals surface area contributed by atoms with E-state index in [2.05, 4.69) is 5.32 Å². The van der Waals surface area contributed by atoms with E-state index in [1.54, 1.807) is 32.2 Å². The van der Waals surface area contributed by atoms with Gasteiger partial charge in [0.15, 0.2) is 0 Å². The molecule has 0 spiro atoms. The number of nitrogens with zero attached hydrogens (tertiary/aromatic N) is 1. The van der Waals surface area contributed by atoms with Gasteiger partial charge in [0.05, 0.1) is 33.1 Å². The molecule has 0 aliphatic rings. The Balaban J connectivity index is 2.80. The standard InChI is InChI=1S/C14H22N2O5S/c1-10(15-14(17)9-16(2)22(5,18)19)12-7-6-11(20-3)8-13(12)21-4/h6-8,10H,9H2,1-5H3,(H,15,17)/t10-/m1/s1. The maximum Gasteiger partial charge on any atom is 0.235 e. The number of likely N-dealkylation sites (N-methyl/N-ethyl adjacent to an activating group) is 1. The van der Waals surface area contributed by atoms with Crippen molar-refractivity contribution in [2.75, 3.05) is 34.1 Å². The monoisotopic (exact) mass is 330 g/mol. The number of nitrogens with one attached hydrogen (secondary N) is 1. The molecule has 0 aliphatic heterocycles. The second-order valence-corrected chi connectivity index (χ2v) is 7.01. The fourth-order valence-electron chi connectivity index (χ4n) is 1.86. The molecule has 8 heteroatoms. The van der Waals surface area contributed by atoms with Crippen LogP contribution < -0.4 is 14.8 Å². The predicted molar refractivity (Wildman–Crippen MR) is 83.6 cm³/mol. The lowest BCUT2D eigenvalue weighted by molar-refractivity contribution is -0.121. The number of hydrogen-bond acceptors (Lipinski definition) is 5. The SMILES string of the molecule is COc1ccc([C@@H](C)NC(=O)CN(C)S(C)(=O)=O)c(OC)c1. The molecule has 0 aliphatic carbocycles. The molecule has 0 unspecified atom stereocenters. The average Bonchev–Trinajstić information content (AvgIpc) is 2.45. The predicted octanol–water partition coefficient (Wildman–Crippen LogP) is 0.772. The Kier molecular flexibility index (Phi) is 6.19. The first kappa shape index (κ1) is 18.2. The van der Waals surface area contributed by atoms with E-state index in [-0.39, 0.29) is 12.6 Å². The van der Waals surface area contributed by atoms with Crippen molar-refractivity contribution in [1.82, 2.24) is 9.62 Å². The third-order valence-electron chi connectivity index (χ3n) is 3.22. The number of methoxy groups -OCH3 is 2. The molecule has 0 aromatic heterocycles. The van der Waals surface area contributed by atoms with Crippen molar-refractivity contribution in [1.29, 1.82) is 0 Å². The van der Waals surface area contributed by atoms with Crippen molar-refractivity contribution in [3.8, 4) is 11.5 Å². The maximum absolute atomic E-state index is 11.9. The van der Waals surface area contributed by atoms with E-state index in [0.717, 1.165) is 16.1 Å². The molecule has 0 saturated heterocycles. The summed E-state index contributed by atoms with van der Waals surface area (Å²) in [6.45, 7) is 1.56. The second-order valence-electron chi connectivity index (χ2n) is 4.92. The van der Waals surface area contributed by atoms with Crippen molar-refractivity contribution in [2.24, 2.45) is 0 Å². The molecule has 0 fully saturated rings. The molecule has 0 saturated carbocycles. The van der Waals surface area contributed by atoms with Crippen LogP contribution in [-0.4, -0.2) is 52.7 Å². The number of hydrogen-bond donors (Lipinski definition) is 1. The number of benzene rings is 1. The fraction of sp³-hybridized carbons (Fsp3) is 0.500. The van der Waals surface area contributed by atoms with Gasteiger partial charge in [0.2, 0.25) is 15.9 Å². The van der Waals surface area contributed by atoms with E-state index in [1.807, 2.05) is 0 Å². The van der Waals surface area contributed by atoms with Gasteiger partial charge >= 0.3 is 0 Å².